The Morgan fingerprint density at radius 3 is 2.46 bits per heavy atom. The van der Waals surface area contributed by atoms with E-state index in [9.17, 15) is 9.90 Å². The predicted molar refractivity (Wildman–Crippen MR) is 179 cm³/mol. The molecule has 232 valence electrons. The minimum Gasteiger partial charge on any atom is -0.488 e. The molecule has 3 aromatic carbocycles. The maximum Gasteiger partial charge on any atom is 0.324 e. The first kappa shape index (κ1) is 30.2. The minimum atomic E-state index is -0.418. The molecule has 0 bridgehead atoms. The first-order valence-corrected chi connectivity index (χ1v) is 14.8. The Labute approximate surface area is 266 Å². The molecule has 2 amide bonds. The van der Waals surface area contributed by atoms with Gasteiger partial charge in [0.2, 0.25) is 0 Å². The summed E-state index contributed by atoms with van der Waals surface area (Å²) < 4.78 is 7.93. The van der Waals surface area contributed by atoms with Crippen molar-refractivity contribution in [2.24, 2.45) is 0 Å². The molecule has 0 spiro atoms. The van der Waals surface area contributed by atoms with E-state index in [4.69, 9.17) is 9.84 Å². The number of urea groups is 1. The van der Waals surface area contributed by atoms with Crippen LogP contribution in [-0.2, 0) is 18.6 Å². The van der Waals surface area contributed by atoms with Crippen molar-refractivity contribution < 1.29 is 14.6 Å². The first-order chi connectivity index (χ1) is 22.3. The third-order valence-corrected chi connectivity index (χ3v) is 7.23. The summed E-state index contributed by atoms with van der Waals surface area (Å²) in [6.07, 6.45) is 6.56. The van der Waals surface area contributed by atoms with Crippen LogP contribution in [0.4, 0.5) is 27.9 Å². The maximum absolute atomic E-state index is 13.4. The molecule has 6 aromatic rings. The fourth-order valence-electron chi connectivity index (χ4n) is 4.88. The third kappa shape index (κ3) is 6.95. The molecule has 0 fully saturated rings. The second-order valence-electron chi connectivity index (χ2n) is 11.7. The van der Waals surface area contributed by atoms with Crippen molar-refractivity contribution in [1.82, 2.24) is 24.7 Å². The van der Waals surface area contributed by atoms with E-state index >= 15 is 0 Å². The van der Waals surface area contributed by atoms with Crippen LogP contribution in [0.3, 0.4) is 0 Å². The first-order valence-electron chi connectivity index (χ1n) is 14.8. The molecule has 0 saturated heterocycles. The van der Waals surface area contributed by atoms with E-state index in [0.29, 0.717) is 35.5 Å². The number of amides is 2. The van der Waals surface area contributed by atoms with Gasteiger partial charge in [0.1, 0.15) is 29.8 Å². The molecule has 0 aliphatic carbocycles. The molecule has 0 aliphatic heterocycles. The van der Waals surface area contributed by atoms with Gasteiger partial charge in [-0.3, -0.25) is 10.3 Å². The normalized spacial score (nSPS) is 11.3. The molecule has 3 heterocycles. The van der Waals surface area contributed by atoms with Gasteiger partial charge in [-0.15, -0.1) is 0 Å². The summed E-state index contributed by atoms with van der Waals surface area (Å²) in [5.74, 6) is 2.42. The van der Waals surface area contributed by atoms with E-state index in [2.05, 4.69) is 51.7 Å². The lowest BCUT2D eigenvalue weighted by molar-refractivity contribution is 0.262. The van der Waals surface area contributed by atoms with Crippen LogP contribution in [0.5, 0.6) is 5.75 Å². The number of hydrogen-bond acceptors (Lipinski definition) is 8. The van der Waals surface area contributed by atoms with Crippen molar-refractivity contribution in [3.05, 3.63) is 120 Å². The van der Waals surface area contributed by atoms with E-state index in [1.807, 2.05) is 78.9 Å². The number of carbonyl (C=O) groups excluding carboxylic acids is 1. The molecule has 46 heavy (non-hydrogen) atoms. The molecule has 0 unspecified atom stereocenters. The number of benzene rings is 3. The van der Waals surface area contributed by atoms with Crippen LogP contribution >= 0.6 is 0 Å². The van der Waals surface area contributed by atoms with Gasteiger partial charge in [-0.25, -0.2) is 19.4 Å². The van der Waals surface area contributed by atoms with E-state index in [-0.39, 0.29) is 12.0 Å². The Kier molecular flexibility index (Phi) is 8.57. The van der Waals surface area contributed by atoms with Gasteiger partial charge in [-0.2, -0.15) is 5.10 Å². The number of aromatic nitrogens is 5. The lowest BCUT2D eigenvalue weighted by Crippen LogP contribution is -2.21. The van der Waals surface area contributed by atoms with Gasteiger partial charge in [-0.1, -0.05) is 57.2 Å². The Hall–Kier alpha value is -5.81. The summed E-state index contributed by atoms with van der Waals surface area (Å²) in [5, 5.41) is 25.2. The number of pyridine rings is 1. The number of carbonyl (C=O) groups is 1. The SMILES string of the molecule is CC(C)(C)c1cc(NC(=O)Nc2ccc(OCc3ccnc(Nc4cnccn4)c3)c3ccccc23)n(-c2cccc(CO)c2)n1. The number of nitrogens with one attached hydrogen (secondary N) is 3. The standard InChI is InChI=1S/C35H34N8O3/c1-35(2,3)30-19-33(43(42-30)25-8-6-7-23(17-25)21-44)41-34(45)39-28-11-12-29(27-10-5-4-9-26(27)28)46-22-24-13-14-37-31(18-24)40-32-20-36-15-16-38-32/h4-20,44H,21-22H2,1-3H3,(H,37,38,40)(H2,39,41,45). The highest BCUT2D eigenvalue weighted by atomic mass is 16.5. The lowest BCUT2D eigenvalue weighted by atomic mass is 9.92. The summed E-state index contributed by atoms with van der Waals surface area (Å²) in [6, 6.07) is 24.1. The van der Waals surface area contributed by atoms with Crippen molar-refractivity contribution in [2.75, 3.05) is 16.0 Å². The monoisotopic (exact) mass is 614 g/mol. The average molecular weight is 615 g/mol. The highest BCUT2D eigenvalue weighted by Crippen LogP contribution is 2.33. The molecule has 4 N–H and O–H groups in total. The van der Waals surface area contributed by atoms with Crippen LogP contribution in [0.2, 0.25) is 0 Å². The van der Waals surface area contributed by atoms with Gasteiger partial charge >= 0.3 is 6.03 Å². The molecule has 0 atom stereocenters. The summed E-state index contributed by atoms with van der Waals surface area (Å²) in [6.45, 7) is 6.41. The Bertz CT molecular complexity index is 1990. The van der Waals surface area contributed by atoms with E-state index in [1.54, 1.807) is 29.5 Å². The van der Waals surface area contributed by atoms with Crippen LogP contribution in [0, 0.1) is 0 Å². The average Bonchev–Trinajstić information content (AvgIpc) is 3.49. The van der Waals surface area contributed by atoms with Crippen molar-refractivity contribution in [2.45, 2.75) is 39.4 Å². The number of aliphatic hydroxyl groups is 1. The number of anilines is 4. The Morgan fingerprint density at radius 1 is 0.848 bits per heavy atom. The number of nitrogens with zero attached hydrogens (tertiary/aromatic N) is 5. The number of fused-ring (bicyclic) bond motifs is 1. The molecule has 6 rings (SSSR count). The molecule has 0 saturated carbocycles. The highest BCUT2D eigenvalue weighted by molar-refractivity contribution is 6.07. The second-order valence-corrected chi connectivity index (χ2v) is 11.7. The maximum atomic E-state index is 13.4. The van der Waals surface area contributed by atoms with Crippen molar-refractivity contribution in [3.63, 3.8) is 0 Å². The van der Waals surface area contributed by atoms with Crippen molar-refractivity contribution in [1.29, 1.82) is 0 Å². The van der Waals surface area contributed by atoms with E-state index < -0.39 is 6.03 Å². The smallest absolute Gasteiger partial charge is 0.324 e. The number of ether oxygens (including phenoxy) is 1. The van der Waals surface area contributed by atoms with Crippen LogP contribution in [0.15, 0.2) is 104 Å². The molecule has 0 aliphatic rings. The molecule has 11 heteroatoms. The van der Waals surface area contributed by atoms with Gasteiger partial charge in [0.15, 0.2) is 0 Å². The van der Waals surface area contributed by atoms with Gasteiger partial charge in [-0.05, 0) is 47.5 Å². The predicted octanol–water partition coefficient (Wildman–Crippen LogP) is 6.97. The van der Waals surface area contributed by atoms with E-state index in [0.717, 1.165) is 33.3 Å². The van der Waals surface area contributed by atoms with Crippen LogP contribution in [0.25, 0.3) is 16.5 Å². The molecular weight excluding hydrogens is 580 g/mol. The molecule has 3 aromatic heterocycles. The zero-order valence-corrected chi connectivity index (χ0v) is 25.7. The van der Waals surface area contributed by atoms with Gasteiger partial charge in [0, 0.05) is 40.8 Å². The zero-order chi connectivity index (χ0) is 32.1. The fourth-order valence-corrected chi connectivity index (χ4v) is 4.88. The summed E-state index contributed by atoms with van der Waals surface area (Å²) in [7, 11) is 0. The topological polar surface area (TPSA) is 139 Å². The molecular formula is C35H34N8O3. The Morgan fingerprint density at radius 2 is 1.67 bits per heavy atom. The molecule has 11 nitrogen and oxygen atoms in total. The van der Waals surface area contributed by atoms with Gasteiger partial charge in [0.25, 0.3) is 0 Å². The Balaban J connectivity index is 1.20. The number of hydrogen-bond donors (Lipinski definition) is 4. The number of rotatable bonds is 9. The highest BCUT2D eigenvalue weighted by Gasteiger charge is 2.22. The van der Waals surface area contributed by atoms with Gasteiger partial charge < -0.3 is 20.5 Å². The third-order valence-electron chi connectivity index (χ3n) is 7.23. The summed E-state index contributed by atoms with van der Waals surface area (Å²) >= 11 is 0. The van der Waals surface area contributed by atoms with Gasteiger partial charge in [0.05, 0.1) is 29.9 Å². The van der Waals surface area contributed by atoms with Crippen LogP contribution in [0.1, 0.15) is 37.6 Å². The van der Waals surface area contributed by atoms with E-state index in [1.165, 1.54) is 0 Å². The zero-order valence-electron chi connectivity index (χ0n) is 25.7. The fraction of sp³-hybridized carbons (Fsp3) is 0.171. The summed E-state index contributed by atoms with van der Waals surface area (Å²) in [4.78, 5) is 26.0. The van der Waals surface area contributed by atoms with Crippen molar-refractivity contribution >= 4 is 39.9 Å². The quantitative estimate of drug-likeness (QED) is 0.137. The number of aliphatic hydroxyl groups excluding tert-OH is 1. The molecule has 0 radical (unpaired) electrons. The van der Waals surface area contributed by atoms with Crippen LogP contribution < -0.4 is 20.7 Å². The summed E-state index contributed by atoms with van der Waals surface area (Å²) in [5.41, 5.74) is 3.60. The van der Waals surface area contributed by atoms with Crippen LogP contribution in [-0.4, -0.2) is 35.9 Å². The largest absolute Gasteiger partial charge is 0.488 e. The van der Waals surface area contributed by atoms with Crippen molar-refractivity contribution in [3.8, 4) is 11.4 Å². The lowest BCUT2D eigenvalue weighted by Gasteiger charge is -2.15. The minimum absolute atomic E-state index is 0.0953. The second kappa shape index (κ2) is 13.0.